The van der Waals surface area contributed by atoms with Gasteiger partial charge in [0.25, 0.3) is 10.0 Å². The zero-order chi connectivity index (χ0) is 23.0. The number of ether oxygens (including phenoxy) is 1. The Hall–Kier alpha value is -2.84. The van der Waals surface area contributed by atoms with Crippen LogP contribution >= 0.6 is 0 Å². The van der Waals surface area contributed by atoms with E-state index in [1.54, 1.807) is 18.5 Å². The maximum Gasteiger partial charge on any atom is 0.268 e. The highest BCUT2D eigenvalue weighted by molar-refractivity contribution is 7.93. The SMILES string of the molecule is Cc1cc(C)cc(OCC(O)Cn2nc(C)c(S(=O)(=O)N3CCc4ccccc43)c2C)c1. The monoisotopic (exact) mass is 455 g/mol. The van der Waals surface area contributed by atoms with Gasteiger partial charge in [-0.25, -0.2) is 8.42 Å². The van der Waals surface area contributed by atoms with E-state index in [1.165, 1.54) is 4.31 Å². The van der Waals surface area contributed by atoms with Gasteiger partial charge in [-0.05, 0) is 69.0 Å². The summed E-state index contributed by atoms with van der Waals surface area (Å²) < 4.78 is 35.8. The fourth-order valence-electron chi connectivity index (χ4n) is 4.36. The molecule has 0 aliphatic carbocycles. The Morgan fingerprint density at radius 1 is 1.09 bits per heavy atom. The molecule has 0 saturated heterocycles. The lowest BCUT2D eigenvalue weighted by atomic mass is 10.1. The van der Waals surface area contributed by atoms with Crippen molar-refractivity contribution in [2.75, 3.05) is 17.5 Å². The highest BCUT2D eigenvalue weighted by Gasteiger charge is 2.35. The molecule has 1 aliphatic heterocycles. The third-order valence-corrected chi connectivity index (χ3v) is 7.80. The molecule has 1 aromatic heterocycles. The van der Waals surface area contributed by atoms with Crippen molar-refractivity contribution in [3.63, 3.8) is 0 Å². The number of benzene rings is 2. The number of aromatic nitrogens is 2. The van der Waals surface area contributed by atoms with E-state index >= 15 is 0 Å². The van der Waals surface area contributed by atoms with E-state index < -0.39 is 16.1 Å². The number of nitrogens with zero attached hydrogens (tertiary/aromatic N) is 3. The number of sulfonamides is 1. The summed E-state index contributed by atoms with van der Waals surface area (Å²) in [6.45, 7) is 8.05. The van der Waals surface area contributed by atoms with Crippen LogP contribution in [-0.4, -0.2) is 42.6 Å². The van der Waals surface area contributed by atoms with Gasteiger partial charge in [-0.2, -0.15) is 5.10 Å². The lowest BCUT2D eigenvalue weighted by Gasteiger charge is -2.20. The molecule has 1 N–H and O–H groups in total. The van der Waals surface area contributed by atoms with Crippen LogP contribution in [0.5, 0.6) is 5.75 Å². The molecule has 2 heterocycles. The van der Waals surface area contributed by atoms with Crippen LogP contribution in [-0.2, 0) is 23.0 Å². The Kier molecular flexibility index (Phi) is 6.01. The third kappa shape index (κ3) is 4.25. The van der Waals surface area contributed by atoms with Gasteiger partial charge in [0.05, 0.1) is 23.6 Å². The summed E-state index contributed by atoms with van der Waals surface area (Å²) in [6.07, 6.45) is -0.146. The Morgan fingerprint density at radius 2 is 1.78 bits per heavy atom. The fourth-order valence-corrected chi connectivity index (χ4v) is 6.24. The summed E-state index contributed by atoms with van der Waals surface area (Å²) in [5, 5.41) is 14.9. The summed E-state index contributed by atoms with van der Waals surface area (Å²) in [5.41, 5.74) is 4.86. The quantitative estimate of drug-likeness (QED) is 0.591. The van der Waals surface area contributed by atoms with Crippen LogP contribution in [0.3, 0.4) is 0 Å². The molecule has 0 amide bonds. The zero-order valence-electron chi connectivity index (χ0n) is 18.9. The highest BCUT2D eigenvalue weighted by Crippen LogP contribution is 2.34. The van der Waals surface area contributed by atoms with Crippen LogP contribution in [0.2, 0.25) is 0 Å². The molecular formula is C24H29N3O4S. The minimum absolute atomic E-state index is 0.0861. The lowest BCUT2D eigenvalue weighted by molar-refractivity contribution is 0.0886. The van der Waals surface area contributed by atoms with Gasteiger partial charge in [0.15, 0.2) is 0 Å². The molecule has 0 fully saturated rings. The van der Waals surface area contributed by atoms with E-state index in [2.05, 4.69) is 11.2 Å². The van der Waals surface area contributed by atoms with Gasteiger partial charge in [-0.3, -0.25) is 8.99 Å². The summed E-state index contributed by atoms with van der Waals surface area (Å²) in [6, 6.07) is 13.5. The Morgan fingerprint density at radius 3 is 2.50 bits per heavy atom. The molecule has 1 atom stereocenters. The van der Waals surface area contributed by atoms with Crippen LogP contribution in [0, 0.1) is 27.7 Å². The molecule has 32 heavy (non-hydrogen) atoms. The van der Waals surface area contributed by atoms with E-state index in [-0.39, 0.29) is 18.0 Å². The number of hydrogen-bond donors (Lipinski definition) is 1. The van der Waals surface area contributed by atoms with Gasteiger partial charge in [0.1, 0.15) is 23.4 Å². The van der Waals surface area contributed by atoms with Gasteiger partial charge in [-0.15, -0.1) is 0 Å². The van der Waals surface area contributed by atoms with E-state index in [9.17, 15) is 13.5 Å². The normalized spacial score (nSPS) is 14.5. The van der Waals surface area contributed by atoms with E-state index in [0.717, 1.165) is 22.4 Å². The first-order valence-electron chi connectivity index (χ1n) is 10.7. The first kappa shape index (κ1) is 22.4. The van der Waals surface area contributed by atoms with Crippen molar-refractivity contribution in [2.45, 2.75) is 51.7 Å². The van der Waals surface area contributed by atoms with Crippen molar-refractivity contribution < 1.29 is 18.3 Å². The van der Waals surface area contributed by atoms with Crippen LogP contribution in [0.4, 0.5) is 5.69 Å². The van der Waals surface area contributed by atoms with Crippen molar-refractivity contribution in [3.05, 3.63) is 70.5 Å². The number of hydrogen-bond acceptors (Lipinski definition) is 5. The topological polar surface area (TPSA) is 84.7 Å². The summed E-state index contributed by atoms with van der Waals surface area (Å²) >= 11 is 0. The third-order valence-electron chi connectivity index (χ3n) is 5.73. The number of aliphatic hydroxyl groups excluding tert-OH is 1. The number of fused-ring (bicyclic) bond motifs is 1. The van der Waals surface area contributed by atoms with Crippen molar-refractivity contribution in [2.24, 2.45) is 0 Å². The van der Waals surface area contributed by atoms with Crippen molar-refractivity contribution in [1.29, 1.82) is 0 Å². The minimum Gasteiger partial charge on any atom is -0.491 e. The van der Waals surface area contributed by atoms with E-state index in [0.29, 0.717) is 30.1 Å². The van der Waals surface area contributed by atoms with Gasteiger partial charge < -0.3 is 9.84 Å². The molecule has 0 spiro atoms. The average molecular weight is 456 g/mol. The molecule has 170 valence electrons. The molecule has 7 nitrogen and oxygen atoms in total. The Labute approximate surface area is 189 Å². The number of rotatable bonds is 7. The molecular weight excluding hydrogens is 426 g/mol. The molecule has 4 rings (SSSR count). The summed E-state index contributed by atoms with van der Waals surface area (Å²) in [5.74, 6) is 0.700. The number of para-hydroxylation sites is 1. The van der Waals surface area contributed by atoms with Gasteiger partial charge in [-0.1, -0.05) is 24.3 Å². The molecule has 8 heteroatoms. The van der Waals surface area contributed by atoms with Crippen LogP contribution < -0.4 is 9.04 Å². The predicted molar refractivity (Wildman–Crippen MR) is 124 cm³/mol. The smallest absolute Gasteiger partial charge is 0.268 e. The van der Waals surface area contributed by atoms with Crippen LogP contribution in [0.15, 0.2) is 47.4 Å². The minimum atomic E-state index is -3.76. The molecule has 3 aromatic rings. The summed E-state index contributed by atoms with van der Waals surface area (Å²) in [7, 11) is -3.76. The highest BCUT2D eigenvalue weighted by atomic mass is 32.2. The second kappa shape index (κ2) is 8.60. The number of aliphatic hydroxyl groups is 1. The number of aryl methyl sites for hydroxylation is 3. The standard InChI is InChI=1S/C24H29N3O4S/c1-16-11-17(2)13-22(12-16)31-15-21(28)14-26-19(4)24(18(3)25-26)32(29,30)27-10-9-20-7-5-6-8-23(20)27/h5-8,11-13,21,28H,9-10,14-15H2,1-4H3. The first-order chi connectivity index (χ1) is 15.2. The molecule has 0 bridgehead atoms. The lowest BCUT2D eigenvalue weighted by Crippen LogP contribution is -2.30. The summed E-state index contributed by atoms with van der Waals surface area (Å²) in [4.78, 5) is 0.205. The van der Waals surface area contributed by atoms with Crippen LogP contribution in [0.25, 0.3) is 0 Å². The molecule has 0 saturated carbocycles. The van der Waals surface area contributed by atoms with Gasteiger partial charge in [0.2, 0.25) is 0 Å². The number of anilines is 1. The predicted octanol–water partition coefficient (Wildman–Crippen LogP) is 3.31. The largest absolute Gasteiger partial charge is 0.491 e. The molecule has 2 aromatic carbocycles. The fraction of sp³-hybridized carbons (Fsp3) is 0.375. The molecule has 1 aliphatic rings. The van der Waals surface area contributed by atoms with Gasteiger partial charge >= 0.3 is 0 Å². The maximum absolute atomic E-state index is 13.5. The van der Waals surface area contributed by atoms with E-state index in [4.69, 9.17) is 4.74 Å². The van der Waals surface area contributed by atoms with Crippen molar-refractivity contribution >= 4 is 15.7 Å². The second-order valence-electron chi connectivity index (χ2n) is 8.43. The molecule has 1 unspecified atom stereocenters. The average Bonchev–Trinajstić information content (AvgIpc) is 3.27. The van der Waals surface area contributed by atoms with Crippen molar-refractivity contribution in [1.82, 2.24) is 9.78 Å². The first-order valence-corrected chi connectivity index (χ1v) is 12.1. The second-order valence-corrected chi connectivity index (χ2v) is 10.2. The van der Waals surface area contributed by atoms with E-state index in [1.807, 2.05) is 50.2 Å². The molecule has 0 radical (unpaired) electrons. The Bertz CT molecular complexity index is 1230. The zero-order valence-corrected chi connectivity index (χ0v) is 19.7. The maximum atomic E-state index is 13.5. The van der Waals surface area contributed by atoms with Crippen LogP contribution in [0.1, 0.15) is 28.1 Å². The van der Waals surface area contributed by atoms with Crippen molar-refractivity contribution in [3.8, 4) is 5.75 Å². The van der Waals surface area contributed by atoms with Gasteiger partial charge in [0, 0.05) is 6.54 Å². The Balaban J connectivity index is 1.51.